The van der Waals surface area contributed by atoms with Crippen LogP contribution in [0.4, 0.5) is 0 Å². The first kappa shape index (κ1) is 27.3. The second-order valence-corrected chi connectivity index (χ2v) is 8.52. The van der Waals surface area contributed by atoms with Crippen LogP contribution in [0.2, 0.25) is 0 Å². The van der Waals surface area contributed by atoms with Gasteiger partial charge in [0.15, 0.2) is 6.29 Å². The highest BCUT2D eigenvalue weighted by molar-refractivity contribution is 5.68. The standard InChI is InChI=1S/C23H44O7/c1-4-5-11-14-18(30-23-22(27)21(26)20(25)17(2)29-23)15-12-9-7-6-8-10-13-16-19(24)28-3/h17-18,20-23,25-27H,4-16H2,1-3H3/t17-,18+,20+,21+,22-,23+/m1/s1. The third kappa shape index (κ3) is 10.5. The number of hydrogen-bond donors (Lipinski definition) is 3. The predicted octanol–water partition coefficient (Wildman–Crippen LogP) is 3.46. The van der Waals surface area contributed by atoms with Crippen LogP contribution in [0.5, 0.6) is 0 Å². The predicted molar refractivity (Wildman–Crippen MR) is 115 cm³/mol. The highest BCUT2D eigenvalue weighted by atomic mass is 16.7. The molecule has 0 bridgehead atoms. The SMILES string of the molecule is CCCCC[C@@H](CCCCCCCCCC(=O)OC)O[C@@H]1O[C@H](C)[C@H](O)[C@H](O)[C@H]1O. The molecule has 0 amide bonds. The van der Waals surface area contributed by atoms with Gasteiger partial charge in [0.25, 0.3) is 0 Å². The van der Waals surface area contributed by atoms with Crippen molar-refractivity contribution in [2.24, 2.45) is 0 Å². The Morgan fingerprint density at radius 1 is 0.867 bits per heavy atom. The Balaban J connectivity index is 2.29. The fourth-order valence-corrected chi connectivity index (χ4v) is 3.85. The average Bonchev–Trinajstić information content (AvgIpc) is 2.74. The molecule has 0 spiro atoms. The summed E-state index contributed by atoms with van der Waals surface area (Å²) in [4.78, 5) is 11.1. The van der Waals surface area contributed by atoms with Crippen molar-refractivity contribution in [1.82, 2.24) is 0 Å². The van der Waals surface area contributed by atoms with Crippen LogP contribution in [0.3, 0.4) is 0 Å². The van der Waals surface area contributed by atoms with E-state index in [4.69, 9.17) is 9.47 Å². The lowest BCUT2D eigenvalue weighted by Crippen LogP contribution is -2.57. The summed E-state index contributed by atoms with van der Waals surface area (Å²) < 4.78 is 16.3. The zero-order valence-corrected chi connectivity index (χ0v) is 19.1. The highest BCUT2D eigenvalue weighted by Gasteiger charge is 2.43. The molecular weight excluding hydrogens is 388 g/mol. The van der Waals surface area contributed by atoms with Crippen LogP contribution in [-0.4, -0.2) is 65.2 Å². The van der Waals surface area contributed by atoms with Crippen LogP contribution in [0.1, 0.15) is 97.3 Å². The Kier molecular flexibility index (Phi) is 14.5. The van der Waals surface area contributed by atoms with Crippen molar-refractivity contribution in [1.29, 1.82) is 0 Å². The van der Waals surface area contributed by atoms with Crippen molar-refractivity contribution in [3.05, 3.63) is 0 Å². The van der Waals surface area contributed by atoms with E-state index >= 15 is 0 Å². The fraction of sp³-hybridized carbons (Fsp3) is 0.957. The van der Waals surface area contributed by atoms with Crippen LogP contribution in [-0.2, 0) is 19.0 Å². The van der Waals surface area contributed by atoms with Crippen molar-refractivity contribution in [3.63, 3.8) is 0 Å². The van der Waals surface area contributed by atoms with E-state index in [1.807, 2.05) is 0 Å². The van der Waals surface area contributed by atoms with E-state index in [0.29, 0.717) is 6.42 Å². The molecule has 1 aliphatic rings. The van der Waals surface area contributed by atoms with Crippen LogP contribution in [0.15, 0.2) is 0 Å². The van der Waals surface area contributed by atoms with E-state index in [-0.39, 0.29) is 12.1 Å². The smallest absolute Gasteiger partial charge is 0.305 e. The van der Waals surface area contributed by atoms with Gasteiger partial charge >= 0.3 is 5.97 Å². The first-order chi connectivity index (χ1) is 14.4. The first-order valence-electron chi connectivity index (χ1n) is 11.8. The molecule has 7 heteroatoms. The van der Waals surface area contributed by atoms with Gasteiger partial charge < -0.3 is 29.5 Å². The number of methoxy groups -OCH3 is 1. The molecule has 1 heterocycles. The number of carbonyl (C=O) groups is 1. The molecule has 0 aromatic carbocycles. The van der Waals surface area contributed by atoms with Crippen molar-refractivity contribution in [3.8, 4) is 0 Å². The summed E-state index contributed by atoms with van der Waals surface area (Å²) in [6.45, 7) is 3.84. The van der Waals surface area contributed by atoms with Crippen molar-refractivity contribution in [2.75, 3.05) is 7.11 Å². The lowest BCUT2D eigenvalue weighted by Gasteiger charge is -2.40. The number of unbranched alkanes of at least 4 members (excludes halogenated alkanes) is 8. The minimum Gasteiger partial charge on any atom is -0.469 e. The van der Waals surface area contributed by atoms with Gasteiger partial charge in [-0.05, 0) is 26.2 Å². The molecular formula is C23H44O7. The Labute approximate surface area is 182 Å². The largest absolute Gasteiger partial charge is 0.469 e. The highest BCUT2D eigenvalue weighted by Crippen LogP contribution is 2.25. The summed E-state index contributed by atoms with van der Waals surface area (Å²) in [5.74, 6) is -0.132. The summed E-state index contributed by atoms with van der Waals surface area (Å²) in [5, 5.41) is 30.1. The summed E-state index contributed by atoms with van der Waals surface area (Å²) in [6, 6.07) is 0. The van der Waals surface area contributed by atoms with E-state index in [2.05, 4.69) is 11.7 Å². The number of aliphatic hydroxyl groups excluding tert-OH is 3. The zero-order chi connectivity index (χ0) is 22.4. The van der Waals surface area contributed by atoms with Gasteiger partial charge in [0.05, 0.1) is 19.3 Å². The summed E-state index contributed by atoms with van der Waals surface area (Å²) in [5.41, 5.74) is 0. The monoisotopic (exact) mass is 432 g/mol. The van der Waals surface area contributed by atoms with Crippen LogP contribution >= 0.6 is 0 Å². The van der Waals surface area contributed by atoms with Gasteiger partial charge in [-0.1, -0.05) is 64.7 Å². The van der Waals surface area contributed by atoms with Gasteiger partial charge in [-0.15, -0.1) is 0 Å². The van der Waals surface area contributed by atoms with Gasteiger partial charge in [-0.2, -0.15) is 0 Å². The Morgan fingerprint density at radius 3 is 2.03 bits per heavy atom. The summed E-state index contributed by atoms with van der Waals surface area (Å²) in [7, 11) is 1.43. The normalized spacial score (nSPS) is 27.7. The van der Waals surface area contributed by atoms with Crippen LogP contribution in [0.25, 0.3) is 0 Å². The molecule has 178 valence electrons. The molecule has 0 aromatic heterocycles. The topological polar surface area (TPSA) is 105 Å². The molecule has 1 saturated heterocycles. The van der Waals surface area contributed by atoms with E-state index in [1.54, 1.807) is 6.92 Å². The molecule has 0 aromatic rings. The quantitative estimate of drug-likeness (QED) is 0.253. The number of aliphatic hydroxyl groups is 3. The van der Waals surface area contributed by atoms with Gasteiger partial charge in [0, 0.05) is 6.42 Å². The maximum Gasteiger partial charge on any atom is 0.305 e. The molecule has 0 unspecified atom stereocenters. The molecule has 3 N–H and O–H groups in total. The van der Waals surface area contributed by atoms with Gasteiger partial charge in [0.1, 0.15) is 18.3 Å². The second kappa shape index (κ2) is 16.0. The van der Waals surface area contributed by atoms with Crippen molar-refractivity contribution >= 4 is 5.97 Å². The summed E-state index contributed by atoms with van der Waals surface area (Å²) in [6.07, 6.45) is 8.09. The van der Waals surface area contributed by atoms with E-state index in [9.17, 15) is 20.1 Å². The Morgan fingerprint density at radius 2 is 1.43 bits per heavy atom. The minimum absolute atomic E-state index is 0.0223. The van der Waals surface area contributed by atoms with Gasteiger partial charge in [0.2, 0.25) is 0 Å². The number of hydrogen-bond acceptors (Lipinski definition) is 7. The van der Waals surface area contributed by atoms with Crippen molar-refractivity contribution < 1.29 is 34.3 Å². The van der Waals surface area contributed by atoms with E-state index in [1.165, 1.54) is 7.11 Å². The number of carbonyl (C=O) groups excluding carboxylic acids is 1. The third-order valence-corrected chi connectivity index (χ3v) is 5.90. The Bertz CT molecular complexity index is 445. The molecule has 1 aliphatic heterocycles. The molecule has 7 nitrogen and oxygen atoms in total. The third-order valence-electron chi connectivity index (χ3n) is 5.90. The molecule has 1 fully saturated rings. The lowest BCUT2D eigenvalue weighted by molar-refractivity contribution is -0.305. The maximum atomic E-state index is 11.1. The second-order valence-electron chi connectivity index (χ2n) is 8.52. The number of rotatable bonds is 16. The Hall–Kier alpha value is -0.730. The van der Waals surface area contributed by atoms with Gasteiger partial charge in [-0.3, -0.25) is 4.79 Å². The molecule has 6 atom stereocenters. The van der Waals surface area contributed by atoms with Crippen molar-refractivity contribution in [2.45, 2.75) is 134 Å². The van der Waals surface area contributed by atoms with Crippen LogP contribution in [0, 0.1) is 0 Å². The molecule has 0 aliphatic carbocycles. The first-order valence-corrected chi connectivity index (χ1v) is 11.8. The molecule has 0 saturated carbocycles. The number of ether oxygens (including phenoxy) is 3. The molecule has 1 rings (SSSR count). The zero-order valence-electron chi connectivity index (χ0n) is 19.1. The minimum atomic E-state index is -1.26. The van der Waals surface area contributed by atoms with Crippen LogP contribution < -0.4 is 0 Å². The molecule has 30 heavy (non-hydrogen) atoms. The van der Waals surface area contributed by atoms with Gasteiger partial charge in [-0.25, -0.2) is 0 Å². The van der Waals surface area contributed by atoms with E-state index in [0.717, 1.165) is 77.0 Å². The van der Waals surface area contributed by atoms with E-state index < -0.39 is 30.7 Å². The lowest BCUT2D eigenvalue weighted by atomic mass is 9.99. The molecule has 0 radical (unpaired) electrons. The average molecular weight is 433 g/mol. The fourth-order valence-electron chi connectivity index (χ4n) is 3.85. The summed E-state index contributed by atoms with van der Waals surface area (Å²) >= 11 is 0. The maximum absolute atomic E-state index is 11.1. The number of esters is 1.